The number of carboxylic acid groups (broad SMARTS) is 1. The fourth-order valence-corrected chi connectivity index (χ4v) is 0.677. The van der Waals surface area contributed by atoms with Gasteiger partial charge in [-0.3, -0.25) is 9.59 Å². The lowest BCUT2D eigenvalue weighted by atomic mass is 10.2. The van der Waals surface area contributed by atoms with Crippen LogP contribution < -0.4 is 0 Å². The van der Waals surface area contributed by atoms with E-state index in [2.05, 4.69) is 0 Å². The molecule has 1 amide bonds. The van der Waals surface area contributed by atoms with Crippen LogP contribution >= 0.6 is 0 Å². The highest BCUT2D eigenvalue weighted by molar-refractivity contribution is 5.70. The molecule has 4 nitrogen and oxygen atoms in total. The van der Waals surface area contributed by atoms with Gasteiger partial charge in [0.1, 0.15) is 0 Å². The molecule has 4 heteroatoms. The molecular weight excluding hydrogens is 146 g/mol. The number of rotatable bonds is 5. The van der Waals surface area contributed by atoms with Crippen LogP contribution in [-0.4, -0.2) is 35.5 Å². The van der Waals surface area contributed by atoms with Crippen molar-refractivity contribution < 1.29 is 14.7 Å². The molecule has 0 fully saturated rings. The predicted molar refractivity (Wildman–Crippen MR) is 40.1 cm³/mol. The van der Waals surface area contributed by atoms with Crippen LogP contribution in [0.5, 0.6) is 0 Å². The van der Waals surface area contributed by atoms with E-state index in [0.29, 0.717) is 13.0 Å². The molecule has 0 aromatic carbocycles. The Morgan fingerprint density at radius 2 is 2.27 bits per heavy atom. The van der Waals surface area contributed by atoms with Crippen LogP contribution in [0, 0.1) is 5.92 Å². The average molecular weight is 159 g/mol. The molecule has 1 unspecified atom stereocenters. The maximum Gasteiger partial charge on any atom is 0.308 e. The van der Waals surface area contributed by atoms with Crippen molar-refractivity contribution in [3.63, 3.8) is 0 Å². The molecule has 0 rings (SSSR count). The molecule has 0 saturated heterocycles. The molecule has 0 heterocycles. The topological polar surface area (TPSA) is 57.6 Å². The first-order valence-electron chi connectivity index (χ1n) is 3.54. The van der Waals surface area contributed by atoms with Crippen LogP contribution in [0.3, 0.4) is 0 Å². The Hall–Kier alpha value is -1.06. The zero-order chi connectivity index (χ0) is 8.85. The van der Waals surface area contributed by atoms with Crippen LogP contribution in [0.1, 0.15) is 13.8 Å². The highest BCUT2D eigenvalue weighted by Gasteiger charge is 2.13. The number of amides is 1. The Morgan fingerprint density at radius 3 is 2.55 bits per heavy atom. The lowest BCUT2D eigenvalue weighted by molar-refractivity contribution is -0.142. The fourth-order valence-electron chi connectivity index (χ4n) is 0.677. The third-order valence-corrected chi connectivity index (χ3v) is 1.49. The van der Waals surface area contributed by atoms with Crippen LogP contribution in [0.25, 0.3) is 0 Å². The van der Waals surface area contributed by atoms with Gasteiger partial charge in [0.05, 0.1) is 5.92 Å². The number of carbonyl (C=O) groups excluding carboxylic acids is 1. The van der Waals surface area contributed by atoms with Gasteiger partial charge in [-0.2, -0.15) is 0 Å². The Bertz CT molecular complexity index is 147. The molecule has 11 heavy (non-hydrogen) atoms. The normalized spacial score (nSPS) is 12.2. The smallest absolute Gasteiger partial charge is 0.308 e. The van der Waals surface area contributed by atoms with Gasteiger partial charge in [-0.25, -0.2) is 0 Å². The van der Waals surface area contributed by atoms with Crippen LogP contribution in [0.2, 0.25) is 0 Å². The second-order valence-corrected chi connectivity index (χ2v) is 2.43. The van der Waals surface area contributed by atoms with E-state index < -0.39 is 11.9 Å². The summed E-state index contributed by atoms with van der Waals surface area (Å²) < 4.78 is 0. The lowest BCUT2D eigenvalue weighted by Gasteiger charge is -2.16. The van der Waals surface area contributed by atoms with E-state index in [9.17, 15) is 9.59 Å². The van der Waals surface area contributed by atoms with Gasteiger partial charge in [-0.05, 0) is 6.92 Å². The summed E-state index contributed by atoms with van der Waals surface area (Å²) in [4.78, 5) is 22.0. The second kappa shape index (κ2) is 4.71. The summed E-state index contributed by atoms with van der Waals surface area (Å²) in [6, 6.07) is 0. The van der Waals surface area contributed by atoms with Crippen molar-refractivity contribution in [3.05, 3.63) is 0 Å². The van der Waals surface area contributed by atoms with Crippen LogP contribution in [0.4, 0.5) is 0 Å². The van der Waals surface area contributed by atoms with E-state index in [1.165, 1.54) is 4.90 Å². The summed E-state index contributed by atoms with van der Waals surface area (Å²) in [7, 11) is 0. The number of hydrogen-bond acceptors (Lipinski definition) is 2. The molecule has 64 valence electrons. The molecule has 0 aliphatic heterocycles. The van der Waals surface area contributed by atoms with Crippen molar-refractivity contribution in [1.29, 1.82) is 0 Å². The van der Waals surface area contributed by atoms with E-state index in [-0.39, 0.29) is 6.54 Å². The molecule has 0 aromatic rings. The molecule has 1 atom stereocenters. The van der Waals surface area contributed by atoms with Gasteiger partial charge in [0.2, 0.25) is 6.41 Å². The van der Waals surface area contributed by atoms with Crippen molar-refractivity contribution >= 4 is 12.4 Å². The maximum atomic E-state index is 10.3. The van der Waals surface area contributed by atoms with E-state index in [1.54, 1.807) is 6.92 Å². The van der Waals surface area contributed by atoms with E-state index in [1.807, 2.05) is 6.92 Å². The first-order chi connectivity index (χ1) is 5.11. The fraction of sp³-hybridized carbons (Fsp3) is 0.714. The molecular formula is C7H13NO3. The average Bonchev–Trinajstić information content (AvgIpc) is 1.99. The van der Waals surface area contributed by atoms with Crippen molar-refractivity contribution in [3.8, 4) is 0 Å². The molecule has 0 aromatic heterocycles. The van der Waals surface area contributed by atoms with Gasteiger partial charge >= 0.3 is 5.97 Å². The SMILES string of the molecule is CCN(C=O)CC(C)C(=O)O. The number of carbonyl (C=O) groups is 2. The minimum Gasteiger partial charge on any atom is -0.481 e. The van der Waals surface area contributed by atoms with Crippen molar-refractivity contribution in [2.45, 2.75) is 13.8 Å². The quantitative estimate of drug-likeness (QED) is 0.582. The van der Waals surface area contributed by atoms with Gasteiger partial charge in [-0.15, -0.1) is 0 Å². The first kappa shape index (κ1) is 9.94. The van der Waals surface area contributed by atoms with Crippen molar-refractivity contribution in [2.24, 2.45) is 5.92 Å². The molecule has 0 saturated carbocycles. The molecule has 0 aliphatic rings. The van der Waals surface area contributed by atoms with E-state index in [4.69, 9.17) is 5.11 Å². The highest BCUT2D eigenvalue weighted by atomic mass is 16.4. The summed E-state index contributed by atoms with van der Waals surface area (Å²) in [6.45, 7) is 4.23. The predicted octanol–water partition coefficient (Wildman–Crippen LogP) is 0.185. The van der Waals surface area contributed by atoms with Crippen LogP contribution in [0.15, 0.2) is 0 Å². The summed E-state index contributed by atoms with van der Waals surface area (Å²) in [5, 5.41) is 8.48. The van der Waals surface area contributed by atoms with E-state index in [0.717, 1.165) is 0 Å². The number of aliphatic carboxylic acids is 1. The van der Waals surface area contributed by atoms with Gasteiger partial charge in [0.25, 0.3) is 0 Å². The zero-order valence-corrected chi connectivity index (χ0v) is 6.78. The molecule has 0 spiro atoms. The first-order valence-corrected chi connectivity index (χ1v) is 3.54. The molecule has 0 aliphatic carbocycles. The van der Waals surface area contributed by atoms with E-state index >= 15 is 0 Å². The third-order valence-electron chi connectivity index (χ3n) is 1.49. The summed E-state index contributed by atoms with van der Waals surface area (Å²) in [5.74, 6) is -1.36. The molecule has 1 N–H and O–H groups in total. The van der Waals surface area contributed by atoms with Gasteiger partial charge in [-0.1, -0.05) is 6.92 Å². The standard InChI is InChI=1S/C7H13NO3/c1-3-8(5-9)4-6(2)7(10)11/h5-6H,3-4H2,1-2H3,(H,10,11). The van der Waals surface area contributed by atoms with Crippen molar-refractivity contribution in [2.75, 3.05) is 13.1 Å². The lowest BCUT2D eigenvalue weighted by Crippen LogP contribution is -2.30. The van der Waals surface area contributed by atoms with Gasteiger partial charge in [0.15, 0.2) is 0 Å². The third kappa shape index (κ3) is 3.60. The Kier molecular flexibility index (Phi) is 4.26. The van der Waals surface area contributed by atoms with Crippen LogP contribution in [-0.2, 0) is 9.59 Å². The minimum atomic E-state index is -0.870. The Morgan fingerprint density at radius 1 is 1.73 bits per heavy atom. The van der Waals surface area contributed by atoms with Crippen molar-refractivity contribution in [1.82, 2.24) is 4.90 Å². The zero-order valence-electron chi connectivity index (χ0n) is 6.78. The van der Waals surface area contributed by atoms with Gasteiger partial charge in [0, 0.05) is 13.1 Å². The largest absolute Gasteiger partial charge is 0.481 e. The highest BCUT2D eigenvalue weighted by Crippen LogP contribution is 1.97. The summed E-state index contributed by atoms with van der Waals surface area (Å²) in [5.41, 5.74) is 0. The minimum absolute atomic E-state index is 0.287. The second-order valence-electron chi connectivity index (χ2n) is 2.43. The number of carboxylic acids is 1. The molecule has 0 bridgehead atoms. The summed E-state index contributed by atoms with van der Waals surface area (Å²) >= 11 is 0. The number of hydrogen-bond donors (Lipinski definition) is 1. The number of nitrogens with zero attached hydrogens (tertiary/aromatic N) is 1. The molecule has 0 radical (unpaired) electrons. The Balaban J connectivity index is 3.80. The van der Waals surface area contributed by atoms with Gasteiger partial charge < -0.3 is 10.0 Å². The maximum absolute atomic E-state index is 10.3. The monoisotopic (exact) mass is 159 g/mol. The Labute approximate surface area is 65.8 Å². The summed E-state index contributed by atoms with van der Waals surface area (Å²) in [6.07, 6.45) is 0.666.